The van der Waals surface area contributed by atoms with Crippen molar-refractivity contribution in [3.63, 3.8) is 0 Å². The molecule has 1 N–H and O–H groups in total. The van der Waals surface area contributed by atoms with Gasteiger partial charge in [0.15, 0.2) is 0 Å². The lowest BCUT2D eigenvalue weighted by Crippen LogP contribution is -2.11. The van der Waals surface area contributed by atoms with Gasteiger partial charge in [-0.2, -0.15) is 0 Å². The molecule has 0 aliphatic carbocycles. The second-order valence-corrected chi connectivity index (χ2v) is 4.39. The van der Waals surface area contributed by atoms with Crippen molar-refractivity contribution in [3.05, 3.63) is 53.4 Å². The van der Waals surface area contributed by atoms with E-state index in [-0.39, 0.29) is 5.82 Å². The Morgan fingerprint density at radius 1 is 1.39 bits per heavy atom. The highest BCUT2D eigenvalue weighted by molar-refractivity contribution is 5.26. The maximum atomic E-state index is 13.0. The Morgan fingerprint density at radius 2 is 2.22 bits per heavy atom. The van der Waals surface area contributed by atoms with Gasteiger partial charge in [0, 0.05) is 19.3 Å². The fraction of sp³-hybridized carbons (Fsp3) is 0.357. The topological polar surface area (TPSA) is 29.9 Å². The van der Waals surface area contributed by atoms with Crippen molar-refractivity contribution in [1.29, 1.82) is 0 Å². The molecule has 0 saturated heterocycles. The van der Waals surface area contributed by atoms with Gasteiger partial charge in [0.25, 0.3) is 0 Å². The highest BCUT2D eigenvalue weighted by Gasteiger charge is 2.03. The molecule has 0 spiro atoms. The quantitative estimate of drug-likeness (QED) is 0.879. The minimum atomic E-state index is -0.185. The molecule has 0 fully saturated rings. The summed E-state index contributed by atoms with van der Waals surface area (Å²) in [6.07, 6.45) is 3.83. The van der Waals surface area contributed by atoms with Crippen molar-refractivity contribution < 1.29 is 4.39 Å². The van der Waals surface area contributed by atoms with Gasteiger partial charge < -0.3 is 9.88 Å². The van der Waals surface area contributed by atoms with E-state index in [1.165, 1.54) is 6.07 Å². The molecule has 0 bridgehead atoms. The highest BCUT2D eigenvalue weighted by atomic mass is 19.1. The van der Waals surface area contributed by atoms with Gasteiger partial charge in [0.2, 0.25) is 0 Å². The minimum Gasteiger partial charge on any atom is -0.333 e. The van der Waals surface area contributed by atoms with Crippen molar-refractivity contribution in [2.45, 2.75) is 26.9 Å². The molecule has 0 unspecified atom stereocenters. The molecule has 1 aromatic heterocycles. The smallest absolute Gasteiger partial charge is 0.123 e. The minimum absolute atomic E-state index is 0.185. The zero-order chi connectivity index (χ0) is 13.0. The number of aromatic nitrogens is 2. The highest BCUT2D eigenvalue weighted by Crippen LogP contribution is 2.12. The Hall–Kier alpha value is -1.68. The largest absolute Gasteiger partial charge is 0.333 e. The fourth-order valence-electron chi connectivity index (χ4n) is 1.87. The van der Waals surface area contributed by atoms with Gasteiger partial charge >= 0.3 is 0 Å². The summed E-state index contributed by atoms with van der Waals surface area (Å²) in [4.78, 5) is 4.32. The molecule has 2 rings (SSSR count). The first-order chi connectivity index (χ1) is 8.69. The zero-order valence-corrected chi connectivity index (χ0v) is 10.8. The maximum Gasteiger partial charge on any atom is 0.123 e. The molecular weight excluding hydrogens is 229 g/mol. The molecule has 0 radical (unpaired) electrons. The third-order valence-corrected chi connectivity index (χ3v) is 2.90. The number of hydrogen-bond acceptors (Lipinski definition) is 2. The van der Waals surface area contributed by atoms with Crippen LogP contribution in [0.4, 0.5) is 4.39 Å². The summed E-state index contributed by atoms with van der Waals surface area (Å²) < 4.78 is 15.0. The fourth-order valence-corrected chi connectivity index (χ4v) is 1.87. The first kappa shape index (κ1) is 12.8. The third kappa shape index (κ3) is 3.17. The van der Waals surface area contributed by atoms with Crippen LogP contribution in [0.3, 0.4) is 0 Å². The van der Waals surface area contributed by atoms with Crippen LogP contribution in [0.25, 0.3) is 0 Å². The van der Waals surface area contributed by atoms with Gasteiger partial charge in [-0.05, 0) is 36.7 Å². The van der Waals surface area contributed by atoms with Crippen LogP contribution >= 0.6 is 0 Å². The van der Waals surface area contributed by atoms with Crippen LogP contribution in [-0.4, -0.2) is 16.1 Å². The summed E-state index contributed by atoms with van der Waals surface area (Å²) in [6, 6.07) is 4.89. The van der Waals surface area contributed by atoms with Crippen LogP contribution in [0.1, 0.15) is 23.7 Å². The van der Waals surface area contributed by atoms with Crippen molar-refractivity contribution in [1.82, 2.24) is 14.9 Å². The van der Waals surface area contributed by atoms with Crippen LogP contribution in [0.15, 0.2) is 30.7 Å². The predicted octanol–water partition coefficient (Wildman–Crippen LogP) is 2.49. The number of rotatable bonds is 5. The van der Waals surface area contributed by atoms with Crippen LogP contribution in [0, 0.1) is 12.7 Å². The lowest BCUT2D eigenvalue weighted by atomic mass is 10.1. The van der Waals surface area contributed by atoms with E-state index in [2.05, 4.69) is 17.2 Å². The van der Waals surface area contributed by atoms with Gasteiger partial charge in [-0.15, -0.1) is 0 Å². The number of hydrogen-bond donors (Lipinski definition) is 1. The molecular formula is C14H18FN3. The Morgan fingerprint density at radius 3 is 2.94 bits per heavy atom. The Labute approximate surface area is 107 Å². The van der Waals surface area contributed by atoms with Gasteiger partial charge in [-0.3, -0.25) is 0 Å². The van der Waals surface area contributed by atoms with Crippen molar-refractivity contribution >= 4 is 0 Å². The number of nitrogens with zero attached hydrogens (tertiary/aromatic N) is 2. The summed E-state index contributed by atoms with van der Waals surface area (Å²) in [5, 5.41) is 3.24. The van der Waals surface area contributed by atoms with Crippen LogP contribution < -0.4 is 5.32 Å². The van der Waals surface area contributed by atoms with Crippen LogP contribution in [0.5, 0.6) is 0 Å². The van der Waals surface area contributed by atoms with Crippen molar-refractivity contribution in [2.24, 2.45) is 0 Å². The van der Waals surface area contributed by atoms with Crippen molar-refractivity contribution in [2.75, 3.05) is 6.54 Å². The number of aryl methyl sites for hydroxylation is 1. The van der Waals surface area contributed by atoms with Crippen LogP contribution in [-0.2, 0) is 13.1 Å². The molecule has 2 aromatic rings. The van der Waals surface area contributed by atoms with Crippen molar-refractivity contribution in [3.8, 4) is 0 Å². The van der Waals surface area contributed by atoms with E-state index >= 15 is 0 Å². The average molecular weight is 247 g/mol. The van der Waals surface area contributed by atoms with Gasteiger partial charge in [0.05, 0.1) is 12.0 Å². The molecule has 0 aliphatic heterocycles. The summed E-state index contributed by atoms with van der Waals surface area (Å²) >= 11 is 0. The maximum absolute atomic E-state index is 13.0. The molecule has 3 nitrogen and oxygen atoms in total. The molecule has 0 aliphatic rings. The summed E-state index contributed by atoms with van der Waals surface area (Å²) in [6.45, 7) is 6.44. The molecule has 1 heterocycles. The van der Waals surface area contributed by atoms with Gasteiger partial charge in [-0.1, -0.05) is 13.0 Å². The van der Waals surface area contributed by atoms with Gasteiger partial charge in [-0.25, -0.2) is 9.37 Å². The predicted molar refractivity (Wildman–Crippen MR) is 69.8 cm³/mol. The second kappa shape index (κ2) is 5.78. The normalized spacial score (nSPS) is 10.8. The Balaban J connectivity index is 2.06. The van der Waals surface area contributed by atoms with E-state index in [1.54, 1.807) is 6.07 Å². The summed E-state index contributed by atoms with van der Waals surface area (Å²) in [5.74, 6) is -0.185. The van der Waals surface area contributed by atoms with E-state index in [9.17, 15) is 4.39 Å². The molecule has 1 aromatic carbocycles. The average Bonchev–Trinajstić information content (AvgIpc) is 2.78. The molecule has 0 saturated carbocycles. The van der Waals surface area contributed by atoms with Gasteiger partial charge in [0.1, 0.15) is 5.82 Å². The first-order valence-electron chi connectivity index (χ1n) is 6.15. The lowest BCUT2D eigenvalue weighted by molar-refractivity contribution is 0.624. The second-order valence-electron chi connectivity index (χ2n) is 4.39. The molecule has 0 amide bonds. The monoisotopic (exact) mass is 247 g/mol. The number of benzene rings is 1. The number of nitrogens with one attached hydrogen (secondary N) is 1. The first-order valence-corrected chi connectivity index (χ1v) is 6.15. The molecule has 0 atom stereocenters. The lowest BCUT2D eigenvalue weighted by Gasteiger charge is -2.06. The summed E-state index contributed by atoms with van der Waals surface area (Å²) in [7, 11) is 0. The van der Waals surface area contributed by atoms with Crippen LogP contribution in [0.2, 0.25) is 0 Å². The zero-order valence-electron chi connectivity index (χ0n) is 10.8. The Bertz CT molecular complexity index is 520. The van der Waals surface area contributed by atoms with E-state index < -0.39 is 0 Å². The molecule has 96 valence electrons. The van der Waals surface area contributed by atoms with E-state index in [4.69, 9.17) is 0 Å². The van der Waals surface area contributed by atoms with E-state index in [0.717, 1.165) is 36.5 Å². The third-order valence-electron chi connectivity index (χ3n) is 2.90. The molecule has 4 heteroatoms. The number of imidazole rings is 1. The standard InChI is InChI=1S/C14H18FN3/c1-3-16-7-14-9-18(10-17-14)8-12-4-5-13(15)6-11(12)2/h4-6,9-10,16H,3,7-8H2,1-2H3. The summed E-state index contributed by atoms with van der Waals surface area (Å²) in [5.41, 5.74) is 3.11. The van der Waals surface area contributed by atoms with E-state index in [0.29, 0.717) is 0 Å². The molecule has 18 heavy (non-hydrogen) atoms. The SMILES string of the molecule is CCNCc1cn(Cc2ccc(F)cc2C)cn1. The number of halogens is 1. The van der Waals surface area contributed by atoms with E-state index in [1.807, 2.05) is 30.1 Å². The Kier molecular flexibility index (Phi) is 4.10.